The molecule has 1 heterocycles. The predicted molar refractivity (Wildman–Crippen MR) is 185 cm³/mol. The summed E-state index contributed by atoms with van der Waals surface area (Å²) in [5.41, 5.74) is 15.5. The summed E-state index contributed by atoms with van der Waals surface area (Å²) in [6, 6.07) is 63.6. The normalized spacial score (nSPS) is 15.4. The van der Waals surface area contributed by atoms with Crippen molar-refractivity contribution in [3.05, 3.63) is 214 Å². The fraction of sp³-hybridized carbons (Fsp3) is 0.0455. The Bertz CT molecular complexity index is 2030. The van der Waals surface area contributed by atoms with Crippen molar-refractivity contribution < 1.29 is 0 Å². The van der Waals surface area contributed by atoms with Gasteiger partial charge in [0.2, 0.25) is 0 Å². The highest BCUT2D eigenvalue weighted by molar-refractivity contribution is 7.99. The average molecular weight is 589 g/mol. The second-order valence-corrected chi connectivity index (χ2v) is 13.4. The summed E-state index contributed by atoms with van der Waals surface area (Å²) in [6.07, 6.45) is 0. The molecule has 0 amide bonds. The Morgan fingerprint density at radius 1 is 0.267 bits per heavy atom. The highest BCUT2D eigenvalue weighted by Gasteiger charge is 2.54. The molecule has 0 saturated heterocycles. The molecular formula is C44H28S. The molecule has 0 aromatic heterocycles. The summed E-state index contributed by atoms with van der Waals surface area (Å²) in [5, 5.41) is 0. The quantitative estimate of drug-likeness (QED) is 0.197. The van der Waals surface area contributed by atoms with E-state index in [1.807, 2.05) is 11.8 Å². The maximum Gasteiger partial charge on any atom is 0.0714 e. The van der Waals surface area contributed by atoms with E-state index in [9.17, 15) is 0 Å². The lowest BCUT2D eigenvalue weighted by molar-refractivity contribution is 0.757. The first-order valence-electron chi connectivity index (χ1n) is 15.7. The van der Waals surface area contributed by atoms with Crippen molar-refractivity contribution in [2.24, 2.45) is 0 Å². The van der Waals surface area contributed by atoms with E-state index in [2.05, 4.69) is 170 Å². The summed E-state index contributed by atoms with van der Waals surface area (Å²) in [4.78, 5) is 2.67. The topological polar surface area (TPSA) is 0 Å². The van der Waals surface area contributed by atoms with Crippen LogP contribution < -0.4 is 0 Å². The molecule has 1 aliphatic heterocycles. The summed E-state index contributed by atoms with van der Waals surface area (Å²) in [7, 11) is 0. The van der Waals surface area contributed by atoms with Crippen molar-refractivity contribution >= 4 is 11.8 Å². The lowest BCUT2D eigenvalue weighted by Gasteiger charge is -2.35. The van der Waals surface area contributed by atoms with E-state index >= 15 is 0 Å². The molecule has 0 spiro atoms. The molecule has 0 unspecified atom stereocenters. The molecule has 0 bridgehead atoms. The predicted octanol–water partition coefficient (Wildman–Crippen LogP) is 10.9. The minimum Gasteiger partial charge on any atom is -0.0888 e. The Kier molecular flexibility index (Phi) is 5.16. The summed E-state index contributed by atoms with van der Waals surface area (Å²) in [6.45, 7) is 0. The third-order valence-corrected chi connectivity index (χ3v) is 11.5. The van der Waals surface area contributed by atoms with Gasteiger partial charge in [0.1, 0.15) is 0 Å². The van der Waals surface area contributed by atoms with Gasteiger partial charge in [-0.3, -0.25) is 0 Å². The van der Waals surface area contributed by atoms with Crippen LogP contribution in [0.5, 0.6) is 0 Å². The van der Waals surface area contributed by atoms with Crippen LogP contribution in [0.4, 0.5) is 0 Å². The number of hydrogen-bond donors (Lipinski definition) is 0. The summed E-state index contributed by atoms with van der Waals surface area (Å²) < 4.78 is 0. The Balaban J connectivity index is 1.43. The zero-order valence-electron chi connectivity index (χ0n) is 24.6. The van der Waals surface area contributed by atoms with Gasteiger partial charge in [-0.15, -0.1) is 0 Å². The van der Waals surface area contributed by atoms with Crippen LogP contribution in [-0.2, 0) is 10.8 Å². The molecule has 1 heteroatoms. The smallest absolute Gasteiger partial charge is 0.0714 e. The van der Waals surface area contributed by atoms with Crippen molar-refractivity contribution in [1.29, 1.82) is 0 Å². The van der Waals surface area contributed by atoms with E-state index in [0.717, 1.165) is 0 Å². The van der Waals surface area contributed by atoms with Crippen molar-refractivity contribution in [2.75, 3.05) is 0 Å². The fourth-order valence-corrected chi connectivity index (χ4v) is 10.0. The second-order valence-electron chi connectivity index (χ2n) is 12.3. The molecule has 0 radical (unpaired) electrons. The van der Waals surface area contributed by atoms with Gasteiger partial charge in [-0.2, -0.15) is 0 Å². The first-order chi connectivity index (χ1) is 22.3. The molecule has 10 rings (SSSR count). The zero-order valence-corrected chi connectivity index (χ0v) is 25.4. The zero-order chi connectivity index (χ0) is 29.6. The molecule has 2 aliphatic carbocycles. The van der Waals surface area contributed by atoms with E-state index in [4.69, 9.17) is 0 Å². The van der Waals surface area contributed by atoms with Crippen LogP contribution in [0.25, 0.3) is 22.3 Å². The van der Waals surface area contributed by atoms with Gasteiger partial charge in [0.15, 0.2) is 0 Å². The molecule has 210 valence electrons. The Morgan fingerprint density at radius 3 is 0.911 bits per heavy atom. The minimum absolute atomic E-state index is 0.421. The second kappa shape index (κ2) is 9.20. The van der Waals surface area contributed by atoms with Crippen LogP contribution in [0.1, 0.15) is 44.5 Å². The van der Waals surface area contributed by atoms with Gasteiger partial charge in [0, 0.05) is 20.9 Å². The molecule has 0 N–H and O–H groups in total. The Morgan fingerprint density at radius 2 is 0.578 bits per heavy atom. The molecular weight excluding hydrogens is 561 g/mol. The number of rotatable bonds is 4. The van der Waals surface area contributed by atoms with Crippen molar-refractivity contribution in [3.8, 4) is 22.3 Å². The molecule has 7 aromatic carbocycles. The van der Waals surface area contributed by atoms with E-state index in [0.29, 0.717) is 0 Å². The van der Waals surface area contributed by atoms with Crippen molar-refractivity contribution in [2.45, 2.75) is 20.6 Å². The maximum atomic E-state index is 2.47. The van der Waals surface area contributed by atoms with Gasteiger partial charge >= 0.3 is 0 Å². The first kappa shape index (κ1) is 25.2. The van der Waals surface area contributed by atoms with Gasteiger partial charge in [-0.05, 0) is 67.8 Å². The Labute approximate surface area is 268 Å². The van der Waals surface area contributed by atoms with E-state index in [1.165, 1.54) is 76.6 Å². The SMILES string of the molecule is c1ccc(C2(c3ccccc3)c3cccc4c3-c3c2ccc2c3-c3c(cccc3C2(c2ccccc2)c2ccccc2)S4)cc1. The lowest BCUT2D eigenvalue weighted by atomic mass is 9.66. The van der Waals surface area contributed by atoms with Gasteiger partial charge in [-0.1, -0.05) is 169 Å². The van der Waals surface area contributed by atoms with Gasteiger partial charge in [0.05, 0.1) is 10.8 Å². The monoisotopic (exact) mass is 588 g/mol. The maximum absolute atomic E-state index is 2.47. The van der Waals surface area contributed by atoms with E-state index in [-0.39, 0.29) is 0 Å². The average Bonchev–Trinajstić information content (AvgIpc) is 3.53. The molecule has 3 aliphatic rings. The highest BCUT2D eigenvalue weighted by Crippen LogP contribution is 2.68. The molecule has 0 nitrogen and oxygen atoms in total. The molecule has 0 saturated carbocycles. The van der Waals surface area contributed by atoms with Crippen LogP contribution in [0.3, 0.4) is 0 Å². The van der Waals surface area contributed by atoms with Gasteiger partial charge < -0.3 is 0 Å². The van der Waals surface area contributed by atoms with E-state index < -0.39 is 10.8 Å². The summed E-state index contributed by atoms with van der Waals surface area (Å²) >= 11 is 1.94. The standard InChI is InChI=1S/C44H28S/c1-5-15-29(16-6-1)43(30-17-7-2-8-18-30)33-23-13-25-37-39(33)41-35(43)27-28-36-42(41)40-34(24-14-26-38(40)45-37)44(36,31-19-9-3-10-20-31)32-21-11-4-12-22-32/h1-28H. The van der Waals surface area contributed by atoms with Crippen LogP contribution >= 0.6 is 11.8 Å². The van der Waals surface area contributed by atoms with Crippen LogP contribution in [0.15, 0.2) is 180 Å². The molecule has 45 heavy (non-hydrogen) atoms. The third kappa shape index (κ3) is 3.04. The van der Waals surface area contributed by atoms with E-state index in [1.54, 1.807) is 0 Å². The molecule has 0 atom stereocenters. The van der Waals surface area contributed by atoms with Crippen molar-refractivity contribution in [1.82, 2.24) is 0 Å². The summed E-state index contributed by atoms with van der Waals surface area (Å²) in [5.74, 6) is 0. The fourth-order valence-electron chi connectivity index (χ4n) is 8.86. The largest absolute Gasteiger partial charge is 0.0888 e. The number of hydrogen-bond acceptors (Lipinski definition) is 1. The van der Waals surface area contributed by atoms with Crippen LogP contribution in [0.2, 0.25) is 0 Å². The first-order valence-corrected chi connectivity index (χ1v) is 16.5. The third-order valence-electron chi connectivity index (χ3n) is 10.4. The molecule has 0 fully saturated rings. The highest BCUT2D eigenvalue weighted by atomic mass is 32.2. The van der Waals surface area contributed by atoms with Gasteiger partial charge in [-0.25, -0.2) is 0 Å². The molecule has 7 aromatic rings. The van der Waals surface area contributed by atoms with Crippen LogP contribution in [0, 0.1) is 0 Å². The minimum atomic E-state index is -0.421. The Hall–Kier alpha value is -5.11. The number of benzene rings is 7. The van der Waals surface area contributed by atoms with Crippen LogP contribution in [-0.4, -0.2) is 0 Å². The lowest BCUT2D eigenvalue weighted by Crippen LogP contribution is -2.30. The van der Waals surface area contributed by atoms with Crippen molar-refractivity contribution in [3.63, 3.8) is 0 Å². The van der Waals surface area contributed by atoms with Gasteiger partial charge in [0.25, 0.3) is 0 Å².